The third-order valence-corrected chi connectivity index (χ3v) is 3.46. The summed E-state index contributed by atoms with van der Waals surface area (Å²) < 4.78 is 11.2. The van der Waals surface area contributed by atoms with Crippen molar-refractivity contribution in [1.82, 2.24) is 0 Å². The van der Waals surface area contributed by atoms with E-state index in [9.17, 15) is 0 Å². The van der Waals surface area contributed by atoms with Crippen LogP contribution in [0.5, 0.6) is 11.5 Å². The monoisotopic (exact) mass is 328 g/mol. The first kappa shape index (κ1) is 17.3. The lowest BCUT2D eigenvalue weighted by Crippen LogP contribution is -2.09. The lowest BCUT2D eigenvalue weighted by atomic mass is 10.1. The van der Waals surface area contributed by atoms with Crippen molar-refractivity contribution in [1.29, 1.82) is 0 Å². The smallest absolute Gasteiger partial charge is 0.122 e. The maximum Gasteiger partial charge on any atom is 0.122 e. The van der Waals surface area contributed by atoms with Gasteiger partial charge in [0.15, 0.2) is 0 Å². The molecule has 0 amide bonds. The molecule has 6 heteroatoms. The average Bonchev–Trinajstić information content (AvgIpc) is 2.65. The molecule has 0 spiro atoms. The Kier molecular flexibility index (Phi) is 6.19. The van der Waals surface area contributed by atoms with Crippen LogP contribution in [0, 0.1) is 0 Å². The number of benzene rings is 2. The third-order valence-electron chi connectivity index (χ3n) is 3.46. The summed E-state index contributed by atoms with van der Waals surface area (Å²) in [4.78, 5) is 0. The molecule has 0 aliphatic heterocycles. The molecule has 0 saturated heterocycles. The largest absolute Gasteiger partial charge is 0.490 e. The van der Waals surface area contributed by atoms with E-state index in [1.54, 1.807) is 13.8 Å². The summed E-state index contributed by atoms with van der Waals surface area (Å²) >= 11 is 0. The van der Waals surface area contributed by atoms with Crippen molar-refractivity contribution >= 4 is 11.4 Å². The second-order valence-electron chi connectivity index (χ2n) is 5.12. The molecule has 0 saturated carbocycles. The summed E-state index contributed by atoms with van der Waals surface area (Å²) in [6, 6.07) is 14.6. The van der Waals surface area contributed by atoms with Crippen LogP contribution in [0.15, 0.2) is 58.8 Å². The molecule has 0 atom stereocenters. The molecule has 0 unspecified atom stereocenters. The molecule has 0 heterocycles. The van der Waals surface area contributed by atoms with Crippen LogP contribution in [0.4, 0.5) is 0 Å². The predicted octanol–water partition coefficient (Wildman–Crippen LogP) is 3.54. The summed E-state index contributed by atoms with van der Waals surface area (Å²) in [6.45, 7) is 4.27. The lowest BCUT2D eigenvalue weighted by Gasteiger charge is -2.09. The van der Waals surface area contributed by atoms with E-state index in [1.165, 1.54) is 0 Å². The highest BCUT2D eigenvalue weighted by atomic mass is 16.5. The standard InChI is InChI=1S/C18H20N2O4/c1-13(19-21)15-3-7-17(8-4-15)23-11-12-24-18-9-5-16(6-10-18)14(2)20-22/h3-10,21-22H,11-12H2,1-2H3. The zero-order chi connectivity index (χ0) is 17.4. The van der Waals surface area contributed by atoms with E-state index < -0.39 is 0 Å². The van der Waals surface area contributed by atoms with E-state index in [4.69, 9.17) is 19.9 Å². The van der Waals surface area contributed by atoms with Gasteiger partial charge in [0.2, 0.25) is 0 Å². The van der Waals surface area contributed by atoms with Gasteiger partial charge in [0, 0.05) is 0 Å². The van der Waals surface area contributed by atoms with Crippen LogP contribution >= 0.6 is 0 Å². The molecule has 0 fully saturated rings. The fourth-order valence-corrected chi connectivity index (χ4v) is 2.02. The Balaban J connectivity index is 1.78. The molecule has 0 radical (unpaired) electrons. The van der Waals surface area contributed by atoms with E-state index in [0.29, 0.717) is 24.6 Å². The van der Waals surface area contributed by atoms with Crippen LogP contribution in [0.1, 0.15) is 25.0 Å². The van der Waals surface area contributed by atoms with Crippen LogP contribution in [0.3, 0.4) is 0 Å². The van der Waals surface area contributed by atoms with Gasteiger partial charge < -0.3 is 19.9 Å². The molecule has 126 valence electrons. The van der Waals surface area contributed by atoms with Crippen LogP contribution < -0.4 is 9.47 Å². The van der Waals surface area contributed by atoms with Gasteiger partial charge >= 0.3 is 0 Å². The van der Waals surface area contributed by atoms with Crippen molar-refractivity contribution in [2.45, 2.75) is 13.8 Å². The van der Waals surface area contributed by atoms with Gasteiger partial charge in [-0.15, -0.1) is 0 Å². The number of rotatable bonds is 7. The predicted molar refractivity (Wildman–Crippen MR) is 91.9 cm³/mol. The average molecular weight is 328 g/mol. The van der Waals surface area contributed by atoms with Gasteiger partial charge in [0.25, 0.3) is 0 Å². The minimum Gasteiger partial charge on any atom is -0.490 e. The van der Waals surface area contributed by atoms with Gasteiger partial charge in [-0.25, -0.2) is 0 Å². The second-order valence-corrected chi connectivity index (χ2v) is 5.12. The van der Waals surface area contributed by atoms with Crippen LogP contribution in [0.2, 0.25) is 0 Å². The normalized spacial score (nSPS) is 12.1. The van der Waals surface area contributed by atoms with Crippen LogP contribution in [-0.2, 0) is 0 Å². The van der Waals surface area contributed by atoms with Gasteiger partial charge in [-0.1, -0.05) is 10.3 Å². The Morgan fingerprint density at radius 3 is 1.33 bits per heavy atom. The Bertz CT molecular complexity index is 643. The summed E-state index contributed by atoms with van der Waals surface area (Å²) in [5.74, 6) is 1.44. The van der Waals surface area contributed by atoms with Gasteiger partial charge in [0.05, 0.1) is 11.4 Å². The molecule has 0 bridgehead atoms. The Labute approximate surface area is 140 Å². The van der Waals surface area contributed by atoms with E-state index in [0.717, 1.165) is 22.6 Å². The van der Waals surface area contributed by atoms with Gasteiger partial charge in [-0.05, 0) is 73.5 Å². The van der Waals surface area contributed by atoms with Gasteiger partial charge in [-0.2, -0.15) is 0 Å². The van der Waals surface area contributed by atoms with Crippen molar-refractivity contribution in [3.63, 3.8) is 0 Å². The first-order valence-corrected chi connectivity index (χ1v) is 7.48. The second kappa shape index (κ2) is 8.57. The Morgan fingerprint density at radius 2 is 1.04 bits per heavy atom. The number of hydrogen-bond acceptors (Lipinski definition) is 6. The summed E-state index contributed by atoms with van der Waals surface area (Å²) in [5.41, 5.74) is 2.77. The first-order chi connectivity index (χ1) is 11.6. The summed E-state index contributed by atoms with van der Waals surface area (Å²) in [7, 11) is 0. The maximum absolute atomic E-state index is 8.72. The number of nitrogens with zero attached hydrogens (tertiary/aromatic N) is 2. The molecule has 24 heavy (non-hydrogen) atoms. The highest BCUT2D eigenvalue weighted by molar-refractivity contribution is 5.98. The Hall–Kier alpha value is -3.02. The lowest BCUT2D eigenvalue weighted by molar-refractivity contribution is 0.217. The van der Waals surface area contributed by atoms with Crippen molar-refractivity contribution in [2.75, 3.05) is 13.2 Å². The van der Waals surface area contributed by atoms with E-state index in [1.807, 2.05) is 48.5 Å². The zero-order valence-electron chi connectivity index (χ0n) is 13.6. The van der Waals surface area contributed by atoms with Gasteiger partial charge in [-0.3, -0.25) is 0 Å². The minimum absolute atomic E-state index is 0.408. The zero-order valence-corrected chi connectivity index (χ0v) is 13.6. The van der Waals surface area contributed by atoms with Crippen molar-refractivity contribution in [3.8, 4) is 11.5 Å². The molecule has 6 nitrogen and oxygen atoms in total. The fourth-order valence-electron chi connectivity index (χ4n) is 2.02. The topological polar surface area (TPSA) is 83.6 Å². The highest BCUT2D eigenvalue weighted by Gasteiger charge is 2.01. The molecule has 2 aromatic carbocycles. The van der Waals surface area contributed by atoms with Crippen molar-refractivity contribution in [2.24, 2.45) is 10.3 Å². The summed E-state index contributed by atoms with van der Waals surface area (Å²) in [6.07, 6.45) is 0. The molecule has 2 rings (SSSR count). The van der Waals surface area contributed by atoms with E-state index in [-0.39, 0.29) is 0 Å². The molecule has 0 aliphatic carbocycles. The van der Waals surface area contributed by atoms with E-state index >= 15 is 0 Å². The summed E-state index contributed by atoms with van der Waals surface area (Å²) in [5, 5.41) is 23.8. The molecule has 0 aliphatic rings. The fraction of sp³-hybridized carbons (Fsp3) is 0.222. The van der Waals surface area contributed by atoms with E-state index in [2.05, 4.69) is 10.3 Å². The van der Waals surface area contributed by atoms with Crippen LogP contribution in [-0.4, -0.2) is 35.1 Å². The van der Waals surface area contributed by atoms with Crippen molar-refractivity contribution in [3.05, 3.63) is 59.7 Å². The maximum atomic E-state index is 8.72. The highest BCUT2D eigenvalue weighted by Crippen LogP contribution is 2.14. The third kappa shape index (κ3) is 4.74. The molecular formula is C18H20N2O4. The number of hydrogen-bond donors (Lipinski definition) is 2. The van der Waals surface area contributed by atoms with Crippen molar-refractivity contribution < 1.29 is 19.9 Å². The first-order valence-electron chi connectivity index (χ1n) is 7.48. The van der Waals surface area contributed by atoms with Crippen LogP contribution in [0.25, 0.3) is 0 Å². The molecule has 2 aromatic rings. The number of ether oxygens (including phenoxy) is 2. The Morgan fingerprint density at radius 1 is 0.708 bits per heavy atom. The SMILES string of the molecule is CC(=NO)c1ccc(OCCOc2ccc(C(C)=NO)cc2)cc1. The molecular weight excluding hydrogens is 308 g/mol. The quantitative estimate of drug-likeness (QED) is 0.352. The molecule has 0 aromatic heterocycles. The molecule has 2 N–H and O–H groups in total. The number of oxime groups is 2. The van der Waals surface area contributed by atoms with Gasteiger partial charge in [0.1, 0.15) is 24.7 Å². The minimum atomic E-state index is 0.408.